The average Bonchev–Trinajstić information content (AvgIpc) is 2.88. The van der Waals surface area contributed by atoms with E-state index < -0.39 is 0 Å². The first kappa shape index (κ1) is 11.7. The highest BCUT2D eigenvalue weighted by Crippen LogP contribution is 2.17. The van der Waals surface area contributed by atoms with Crippen molar-refractivity contribution in [2.45, 2.75) is 18.9 Å². The van der Waals surface area contributed by atoms with Crippen molar-refractivity contribution in [1.82, 2.24) is 4.90 Å². The lowest BCUT2D eigenvalue weighted by molar-refractivity contribution is 0.0563. The van der Waals surface area contributed by atoms with E-state index in [0.29, 0.717) is 17.0 Å². The van der Waals surface area contributed by atoms with E-state index in [0.717, 1.165) is 19.4 Å². The third-order valence-electron chi connectivity index (χ3n) is 2.63. The summed E-state index contributed by atoms with van der Waals surface area (Å²) in [6.07, 6.45) is 2.28. The predicted octanol–water partition coefficient (Wildman–Crippen LogP) is 2.29. The molecular weight excluding hydrogens is 274 g/mol. The first-order valence-electron chi connectivity index (χ1n) is 5.29. The van der Waals surface area contributed by atoms with Crippen molar-refractivity contribution in [3.63, 3.8) is 0 Å². The fourth-order valence-electron chi connectivity index (χ4n) is 1.79. The number of carbonyl (C=O) groups excluding carboxylic acids is 1. The molecule has 1 aliphatic rings. The Hall–Kier alpha value is -0.810. The molecule has 0 saturated carbocycles. The van der Waals surface area contributed by atoms with Crippen LogP contribution in [-0.4, -0.2) is 37.1 Å². The van der Waals surface area contributed by atoms with Crippen molar-refractivity contribution in [3.05, 3.63) is 22.6 Å². The van der Waals surface area contributed by atoms with Gasteiger partial charge in [0.15, 0.2) is 10.4 Å². The molecule has 0 radical (unpaired) electrons. The van der Waals surface area contributed by atoms with E-state index in [1.54, 1.807) is 24.1 Å². The molecule has 0 spiro atoms. The van der Waals surface area contributed by atoms with Gasteiger partial charge >= 0.3 is 0 Å². The first-order chi connectivity index (χ1) is 7.66. The number of nitrogens with zero attached hydrogens (tertiary/aromatic N) is 1. The molecule has 1 aromatic heterocycles. The Morgan fingerprint density at radius 2 is 2.44 bits per heavy atom. The van der Waals surface area contributed by atoms with E-state index in [9.17, 15) is 4.79 Å². The fraction of sp³-hybridized carbons (Fsp3) is 0.545. The minimum Gasteiger partial charge on any atom is -0.444 e. The molecule has 5 heteroatoms. The van der Waals surface area contributed by atoms with Gasteiger partial charge in [0.05, 0.1) is 6.10 Å². The lowest BCUT2D eigenvalue weighted by atomic mass is 10.2. The Morgan fingerprint density at radius 3 is 3.00 bits per heavy atom. The summed E-state index contributed by atoms with van der Waals surface area (Å²) in [5.74, 6) is 0.244. The molecule has 0 aromatic carbocycles. The van der Waals surface area contributed by atoms with Crippen molar-refractivity contribution in [2.75, 3.05) is 20.2 Å². The van der Waals surface area contributed by atoms with Crippen LogP contribution in [0.2, 0.25) is 0 Å². The van der Waals surface area contributed by atoms with Gasteiger partial charge in [-0.25, -0.2) is 0 Å². The highest BCUT2D eigenvalue weighted by Gasteiger charge is 2.22. The molecule has 2 rings (SSSR count). The van der Waals surface area contributed by atoms with Crippen LogP contribution >= 0.6 is 15.9 Å². The lowest BCUT2D eigenvalue weighted by Crippen LogP contribution is -2.33. The van der Waals surface area contributed by atoms with Gasteiger partial charge in [0, 0.05) is 20.2 Å². The zero-order valence-corrected chi connectivity index (χ0v) is 10.7. The van der Waals surface area contributed by atoms with Gasteiger partial charge in [-0.3, -0.25) is 4.79 Å². The van der Waals surface area contributed by atoms with E-state index in [-0.39, 0.29) is 12.0 Å². The average molecular weight is 288 g/mol. The van der Waals surface area contributed by atoms with Crippen LogP contribution in [0.25, 0.3) is 0 Å². The molecule has 1 atom stereocenters. The summed E-state index contributed by atoms with van der Waals surface area (Å²) < 4.78 is 11.3. The van der Waals surface area contributed by atoms with E-state index in [1.807, 2.05) is 0 Å². The number of rotatable bonds is 3. The standard InChI is InChI=1S/C11H14BrNO3/c1-13(7-8-3-2-6-15-8)11(14)9-4-5-10(12)16-9/h4-5,8H,2-3,6-7H2,1H3. The number of hydrogen-bond acceptors (Lipinski definition) is 3. The number of hydrogen-bond donors (Lipinski definition) is 0. The van der Waals surface area contributed by atoms with Crippen LogP contribution in [0.4, 0.5) is 0 Å². The summed E-state index contributed by atoms with van der Waals surface area (Å²) in [6, 6.07) is 3.38. The zero-order valence-electron chi connectivity index (χ0n) is 9.11. The summed E-state index contributed by atoms with van der Waals surface area (Å²) >= 11 is 3.18. The second-order valence-electron chi connectivity index (χ2n) is 3.92. The van der Waals surface area contributed by atoms with Gasteiger partial charge < -0.3 is 14.1 Å². The number of ether oxygens (including phenoxy) is 1. The molecule has 16 heavy (non-hydrogen) atoms. The van der Waals surface area contributed by atoms with Gasteiger partial charge in [0.25, 0.3) is 5.91 Å². The molecule has 1 fully saturated rings. The van der Waals surface area contributed by atoms with Crippen LogP contribution in [0.3, 0.4) is 0 Å². The highest BCUT2D eigenvalue weighted by atomic mass is 79.9. The second kappa shape index (κ2) is 5.01. The molecule has 0 N–H and O–H groups in total. The fourth-order valence-corrected chi connectivity index (χ4v) is 2.10. The monoisotopic (exact) mass is 287 g/mol. The molecular formula is C11H14BrNO3. The van der Waals surface area contributed by atoms with Gasteiger partial charge in [-0.1, -0.05) is 0 Å². The normalized spacial score (nSPS) is 20.0. The molecule has 88 valence electrons. The summed E-state index contributed by atoms with van der Waals surface area (Å²) in [5, 5.41) is 0. The number of carbonyl (C=O) groups is 1. The molecule has 1 amide bonds. The van der Waals surface area contributed by atoms with Crippen LogP contribution in [0.1, 0.15) is 23.4 Å². The molecule has 2 heterocycles. The second-order valence-corrected chi connectivity index (χ2v) is 4.71. The Balaban J connectivity index is 1.93. The number of halogens is 1. The van der Waals surface area contributed by atoms with Crippen molar-refractivity contribution >= 4 is 21.8 Å². The van der Waals surface area contributed by atoms with E-state index in [1.165, 1.54) is 0 Å². The predicted molar refractivity (Wildman–Crippen MR) is 62.3 cm³/mol. The lowest BCUT2D eigenvalue weighted by Gasteiger charge is -2.19. The van der Waals surface area contributed by atoms with E-state index in [2.05, 4.69) is 15.9 Å². The Bertz CT molecular complexity index is 371. The molecule has 0 aliphatic carbocycles. The van der Waals surface area contributed by atoms with Crippen LogP contribution in [0.15, 0.2) is 21.2 Å². The van der Waals surface area contributed by atoms with Crippen LogP contribution < -0.4 is 0 Å². The topological polar surface area (TPSA) is 42.7 Å². The van der Waals surface area contributed by atoms with Gasteiger partial charge in [-0.2, -0.15) is 0 Å². The quantitative estimate of drug-likeness (QED) is 0.857. The summed E-state index contributed by atoms with van der Waals surface area (Å²) in [6.45, 7) is 1.43. The maximum absolute atomic E-state index is 11.9. The van der Waals surface area contributed by atoms with Gasteiger partial charge in [-0.15, -0.1) is 0 Å². The zero-order chi connectivity index (χ0) is 11.5. The number of likely N-dealkylation sites (N-methyl/N-ethyl adjacent to an activating group) is 1. The minimum absolute atomic E-state index is 0.110. The third kappa shape index (κ3) is 2.65. The number of amides is 1. The summed E-state index contributed by atoms with van der Waals surface area (Å²) in [5.41, 5.74) is 0. The van der Waals surface area contributed by atoms with E-state index >= 15 is 0 Å². The van der Waals surface area contributed by atoms with Crippen LogP contribution in [-0.2, 0) is 4.74 Å². The third-order valence-corrected chi connectivity index (χ3v) is 3.06. The number of furan rings is 1. The Labute approximate surface area is 103 Å². The first-order valence-corrected chi connectivity index (χ1v) is 6.08. The SMILES string of the molecule is CN(CC1CCCO1)C(=O)c1ccc(Br)o1. The molecule has 1 aromatic rings. The van der Waals surface area contributed by atoms with Crippen molar-refractivity contribution in [1.29, 1.82) is 0 Å². The van der Waals surface area contributed by atoms with E-state index in [4.69, 9.17) is 9.15 Å². The van der Waals surface area contributed by atoms with Crippen molar-refractivity contribution in [2.24, 2.45) is 0 Å². The van der Waals surface area contributed by atoms with Crippen LogP contribution in [0.5, 0.6) is 0 Å². The Kier molecular flexibility index (Phi) is 3.66. The van der Waals surface area contributed by atoms with Crippen molar-refractivity contribution in [3.8, 4) is 0 Å². The molecule has 1 saturated heterocycles. The summed E-state index contributed by atoms with van der Waals surface area (Å²) in [4.78, 5) is 13.5. The molecule has 1 unspecified atom stereocenters. The molecule has 1 aliphatic heterocycles. The maximum Gasteiger partial charge on any atom is 0.289 e. The smallest absolute Gasteiger partial charge is 0.289 e. The maximum atomic E-state index is 11.9. The Morgan fingerprint density at radius 1 is 1.62 bits per heavy atom. The molecule has 4 nitrogen and oxygen atoms in total. The van der Waals surface area contributed by atoms with Gasteiger partial charge in [0.1, 0.15) is 0 Å². The summed E-state index contributed by atoms with van der Waals surface area (Å²) in [7, 11) is 1.76. The minimum atomic E-state index is -0.110. The van der Waals surface area contributed by atoms with Crippen molar-refractivity contribution < 1.29 is 13.9 Å². The highest BCUT2D eigenvalue weighted by molar-refractivity contribution is 9.10. The van der Waals surface area contributed by atoms with Gasteiger partial charge in [0.2, 0.25) is 0 Å². The molecule has 0 bridgehead atoms. The van der Waals surface area contributed by atoms with Gasteiger partial charge in [-0.05, 0) is 40.9 Å². The largest absolute Gasteiger partial charge is 0.444 e. The van der Waals surface area contributed by atoms with Crippen LogP contribution in [0, 0.1) is 0 Å².